The highest BCUT2D eigenvalue weighted by Crippen LogP contribution is 2.26. The van der Waals surface area contributed by atoms with E-state index in [4.69, 9.17) is 5.73 Å². The molecule has 27 heavy (non-hydrogen) atoms. The standard InChI is InChI=1S/C20H31N3O3S/c1-15-5-3-4-12-23(15)27(25,26)19-8-6-18(7-9-19)20(24)22-13-10-17(11-14-22)16(2)21/h6-9,15-17H,3-5,10-14,21H2,1-2H3. The Morgan fingerprint density at radius 1 is 1.07 bits per heavy atom. The summed E-state index contributed by atoms with van der Waals surface area (Å²) in [7, 11) is -3.50. The number of rotatable bonds is 4. The lowest BCUT2D eigenvalue weighted by Gasteiger charge is -2.34. The van der Waals surface area contributed by atoms with Gasteiger partial charge in [0, 0.05) is 37.3 Å². The number of benzene rings is 1. The van der Waals surface area contributed by atoms with E-state index in [2.05, 4.69) is 0 Å². The normalized spacial score (nSPS) is 24.0. The van der Waals surface area contributed by atoms with Crippen LogP contribution in [-0.4, -0.2) is 55.2 Å². The van der Waals surface area contributed by atoms with Gasteiger partial charge in [0.1, 0.15) is 0 Å². The number of hydrogen-bond acceptors (Lipinski definition) is 4. The molecule has 0 bridgehead atoms. The van der Waals surface area contributed by atoms with Gasteiger partial charge in [0.15, 0.2) is 0 Å². The van der Waals surface area contributed by atoms with Crippen molar-refractivity contribution < 1.29 is 13.2 Å². The molecule has 1 aromatic rings. The minimum absolute atomic E-state index is 0.0243. The number of nitrogens with two attached hydrogens (primary N) is 1. The van der Waals surface area contributed by atoms with Gasteiger partial charge in [-0.3, -0.25) is 4.79 Å². The molecule has 2 fully saturated rings. The van der Waals surface area contributed by atoms with Crippen molar-refractivity contribution in [2.45, 2.75) is 62.9 Å². The predicted octanol–water partition coefficient (Wildman–Crippen LogP) is 2.45. The lowest BCUT2D eigenvalue weighted by Crippen LogP contribution is -2.42. The van der Waals surface area contributed by atoms with Gasteiger partial charge in [-0.05, 0) is 69.7 Å². The van der Waals surface area contributed by atoms with E-state index in [1.807, 2.05) is 18.7 Å². The zero-order valence-electron chi connectivity index (χ0n) is 16.3. The molecule has 2 aliphatic heterocycles. The van der Waals surface area contributed by atoms with Crippen LogP contribution in [0, 0.1) is 5.92 Å². The molecular formula is C20H31N3O3S. The summed E-state index contributed by atoms with van der Waals surface area (Å²) in [5, 5.41) is 0. The van der Waals surface area contributed by atoms with Gasteiger partial charge in [-0.15, -0.1) is 0 Å². The van der Waals surface area contributed by atoms with E-state index in [0.29, 0.717) is 31.1 Å². The average molecular weight is 394 g/mol. The zero-order valence-corrected chi connectivity index (χ0v) is 17.1. The summed E-state index contributed by atoms with van der Waals surface area (Å²) < 4.78 is 27.4. The van der Waals surface area contributed by atoms with E-state index in [1.165, 1.54) is 0 Å². The van der Waals surface area contributed by atoms with Crippen molar-refractivity contribution in [2.24, 2.45) is 11.7 Å². The summed E-state index contributed by atoms with van der Waals surface area (Å²) in [6, 6.07) is 6.60. The van der Waals surface area contributed by atoms with Gasteiger partial charge in [0.2, 0.25) is 10.0 Å². The highest BCUT2D eigenvalue weighted by atomic mass is 32.2. The Bertz CT molecular complexity index is 753. The fraction of sp³-hybridized carbons (Fsp3) is 0.650. The van der Waals surface area contributed by atoms with Crippen LogP contribution in [-0.2, 0) is 10.0 Å². The largest absolute Gasteiger partial charge is 0.339 e. The predicted molar refractivity (Wildman–Crippen MR) is 106 cm³/mol. The second-order valence-corrected chi connectivity index (χ2v) is 9.86. The molecule has 2 unspecified atom stereocenters. The summed E-state index contributed by atoms with van der Waals surface area (Å²) >= 11 is 0. The maximum absolute atomic E-state index is 12.9. The molecule has 2 aliphatic rings. The first-order valence-electron chi connectivity index (χ1n) is 9.97. The molecule has 0 radical (unpaired) electrons. The number of hydrogen-bond donors (Lipinski definition) is 1. The molecule has 7 heteroatoms. The minimum atomic E-state index is -3.50. The molecule has 2 saturated heterocycles. The maximum atomic E-state index is 12.9. The highest BCUT2D eigenvalue weighted by Gasteiger charge is 2.31. The Hall–Kier alpha value is -1.44. The first-order valence-corrected chi connectivity index (χ1v) is 11.4. The molecule has 1 aromatic carbocycles. The minimum Gasteiger partial charge on any atom is -0.339 e. The second kappa shape index (κ2) is 8.29. The fourth-order valence-electron chi connectivity index (χ4n) is 4.14. The van der Waals surface area contributed by atoms with Crippen molar-refractivity contribution in [3.63, 3.8) is 0 Å². The van der Waals surface area contributed by atoms with Gasteiger partial charge in [0.05, 0.1) is 4.90 Å². The first-order chi connectivity index (χ1) is 12.8. The van der Waals surface area contributed by atoms with Crippen LogP contribution in [0.25, 0.3) is 0 Å². The van der Waals surface area contributed by atoms with E-state index in [-0.39, 0.29) is 22.9 Å². The van der Waals surface area contributed by atoms with Crippen LogP contribution in [0.1, 0.15) is 56.3 Å². The van der Waals surface area contributed by atoms with E-state index < -0.39 is 10.0 Å². The summed E-state index contributed by atoms with van der Waals surface area (Å²) in [5.74, 6) is 0.432. The van der Waals surface area contributed by atoms with Gasteiger partial charge >= 0.3 is 0 Å². The summed E-state index contributed by atoms with van der Waals surface area (Å²) in [6.07, 6.45) is 4.70. The van der Waals surface area contributed by atoms with Crippen molar-refractivity contribution in [2.75, 3.05) is 19.6 Å². The van der Waals surface area contributed by atoms with E-state index >= 15 is 0 Å². The molecule has 0 aromatic heterocycles. The Labute approximate surface area is 162 Å². The summed E-state index contributed by atoms with van der Waals surface area (Å²) in [4.78, 5) is 14.8. The van der Waals surface area contributed by atoms with Gasteiger partial charge in [-0.1, -0.05) is 6.42 Å². The van der Waals surface area contributed by atoms with Crippen molar-refractivity contribution in [3.8, 4) is 0 Å². The second-order valence-electron chi connectivity index (χ2n) is 7.97. The van der Waals surface area contributed by atoms with Crippen molar-refractivity contribution in [3.05, 3.63) is 29.8 Å². The van der Waals surface area contributed by atoms with Crippen LogP contribution in [0.2, 0.25) is 0 Å². The van der Waals surface area contributed by atoms with Crippen LogP contribution >= 0.6 is 0 Å². The molecule has 1 amide bonds. The van der Waals surface area contributed by atoms with Gasteiger partial charge in [0.25, 0.3) is 5.91 Å². The van der Waals surface area contributed by atoms with Crippen molar-refractivity contribution in [1.82, 2.24) is 9.21 Å². The molecule has 6 nitrogen and oxygen atoms in total. The van der Waals surface area contributed by atoms with Crippen LogP contribution in [0.3, 0.4) is 0 Å². The Morgan fingerprint density at radius 2 is 1.70 bits per heavy atom. The molecule has 0 spiro atoms. The third-order valence-corrected chi connectivity index (χ3v) is 8.05. The topological polar surface area (TPSA) is 83.7 Å². The smallest absolute Gasteiger partial charge is 0.253 e. The average Bonchev–Trinajstić information content (AvgIpc) is 2.68. The molecule has 2 atom stereocenters. The third kappa shape index (κ3) is 4.36. The Kier molecular flexibility index (Phi) is 6.23. The van der Waals surface area contributed by atoms with Gasteiger partial charge in [-0.25, -0.2) is 8.42 Å². The molecule has 0 aliphatic carbocycles. The van der Waals surface area contributed by atoms with Crippen molar-refractivity contribution in [1.29, 1.82) is 0 Å². The summed E-state index contributed by atoms with van der Waals surface area (Å²) in [6.45, 7) is 5.95. The molecule has 2 heterocycles. The van der Waals surface area contributed by atoms with Gasteiger partial charge in [-0.2, -0.15) is 4.31 Å². The SMILES string of the molecule is CC(N)C1CCN(C(=O)c2ccc(S(=O)(=O)N3CCCCC3C)cc2)CC1. The molecule has 0 saturated carbocycles. The monoisotopic (exact) mass is 393 g/mol. The lowest BCUT2D eigenvalue weighted by atomic mass is 9.90. The van der Waals surface area contributed by atoms with E-state index in [0.717, 1.165) is 32.1 Å². The maximum Gasteiger partial charge on any atom is 0.253 e. The van der Waals surface area contributed by atoms with Gasteiger partial charge < -0.3 is 10.6 Å². The number of carbonyl (C=O) groups excluding carboxylic acids is 1. The van der Waals surface area contributed by atoms with E-state index in [9.17, 15) is 13.2 Å². The number of likely N-dealkylation sites (tertiary alicyclic amines) is 1. The number of piperidine rings is 2. The molecule has 150 valence electrons. The van der Waals surface area contributed by atoms with Crippen molar-refractivity contribution >= 4 is 15.9 Å². The number of amides is 1. The molecular weight excluding hydrogens is 362 g/mol. The number of carbonyl (C=O) groups is 1. The quantitative estimate of drug-likeness (QED) is 0.852. The Morgan fingerprint density at radius 3 is 2.26 bits per heavy atom. The Balaban J connectivity index is 1.69. The number of nitrogens with zero attached hydrogens (tertiary/aromatic N) is 2. The third-order valence-electron chi connectivity index (χ3n) is 6.02. The lowest BCUT2D eigenvalue weighted by molar-refractivity contribution is 0.0681. The number of sulfonamides is 1. The van der Waals surface area contributed by atoms with Crippen LogP contribution in [0.4, 0.5) is 0 Å². The van der Waals surface area contributed by atoms with Crippen LogP contribution in [0.5, 0.6) is 0 Å². The summed E-state index contributed by atoms with van der Waals surface area (Å²) in [5.41, 5.74) is 6.51. The highest BCUT2D eigenvalue weighted by molar-refractivity contribution is 7.89. The molecule has 3 rings (SSSR count). The zero-order chi connectivity index (χ0) is 19.6. The first kappa shape index (κ1) is 20.3. The fourth-order valence-corrected chi connectivity index (χ4v) is 5.84. The molecule has 2 N–H and O–H groups in total. The van der Waals surface area contributed by atoms with E-state index in [1.54, 1.807) is 28.6 Å². The van der Waals surface area contributed by atoms with Crippen LogP contribution in [0.15, 0.2) is 29.2 Å². The van der Waals surface area contributed by atoms with Crippen LogP contribution < -0.4 is 5.73 Å².